The van der Waals surface area contributed by atoms with Crippen molar-refractivity contribution >= 4 is 22.4 Å². The van der Waals surface area contributed by atoms with E-state index in [1.54, 1.807) is 36.4 Å². The first-order valence-corrected chi connectivity index (χ1v) is 8.16. The first-order chi connectivity index (χ1) is 10.2. The van der Waals surface area contributed by atoms with Gasteiger partial charge in [0.15, 0.2) is 0 Å². The van der Waals surface area contributed by atoms with Crippen LogP contribution in [0.1, 0.15) is 12.0 Å². The van der Waals surface area contributed by atoms with Crippen LogP contribution in [0.15, 0.2) is 53.4 Å². The van der Waals surface area contributed by atoms with Gasteiger partial charge in [0.2, 0.25) is 0 Å². The van der Waals surface area contributed by atoms with Crippen LogP contribution in [-0.2, 0) is 10.8 Å². The average molecular weight is 320 g/mol. The molecule has 5 heteroatoms. The number of nitrogens with zero attached hydrogens (tertiary/aromatic N) is 1. The quantitative estimate of drug-likeness (QED) is 0.761. The van der Waals surface area contributed by atoms with Crippen LogP contribution in [0.2, 0.25) is 5.02 Å². The monoisotopic (exact) mass is 319 g/mol. The summed E-state index contributed by atoms with van der Waals surface area (Å²) < 4.78 is 17.7. The molecule has 0 heterocycles. The number of rotatable bonds is 6. The molecule has 21 heavy (non-hydrogen) atoms. The molecule has 0 aliphatic heterocycles. The molecule has 0 amide bonds. The molecule has 0 radical (unpaired) electrons. The summed E-state index contributed by atoms with van der Waals surface area (Å²) in [6, 6.07) is 16.2. The van der Waals surface area contributed by atoms with Crippen molar-refractivity contribution in [2.75, 3.05) is 12.4 Å². The summed E-state index contributed by atoms with van der Waals surface area (Å²) >= 11 is 6.01. The SMILES string of the molecule is N#Cc1cccc(OCCCS(=O)c2ccccc2Cl)c1. The van der Waals surface area contributed by atoms with Gasteiger partial charge in [-0.25, -0.2) is 0 Å². The summed E-state index contributed by atoms with van der Waals surface area (Å²) in [5.41, 5.74) is 0.562. The minimum absolute atomic E-state index is 0.449. The van der Waals surface area contributed by atoms with Gasteiger partial charge in [0.25, 0.3) is 0 Å². The van der Waals surface area contributed by atoms with Gasteiger partial charge in [0.1, 0.15) is 5.75 Å². The Hall–Kier alpha value is -1.83. The minimum Gasteiger partial charge on any atom is -0.494 e. The van der Waals surface area contributed by atoms with E-state index in [2.05, 4.69) is 6.07 Å². The van der Waals surface area contributed by atoms with E-state index in [1.165, 1.54) is 0 Å². The molecule has 0 fully saturated rings. The molecule has 0 aliphatic rings. The number of nitriles is 1. The smallest absolute Gasteiger partial charge is 0.120 e. The molecule has 1 unspecified atom stereocenters. The summed E-state index contributed by atoms with van der Waals surface area (Å²) in [6.45, 7) is 0.449. The third-order valence-electron chi connectivity index (χ3n) is 2.79. The van der Waals surface area contributed by atoms with Gasteiger partial charge in [-0.15, -0.1) is 0 Å². The Kier molecular flexibility index (Phi) is 5.79. The number of hydrogen-bond donors (Lipinski definition) is 0. The topological polar surface area (TPSA) is 50.1 Å². The lowest BCUT2D eigenvalue weighted by atomic mass is 10.2. The fourth-order valence-corrected chi connectivity index (χ4v) is 3.28. The lowest BCUT2D eigenvalue weighted by Gasteiger charge is -2.07. The van der Waals surface area contributed by atoms with Crippen LogP contribution in [0.5, 0.6) is 5.75 Å². The second-order valence-corrected chi connectivity index (χ2v) is 6.27. The molecular weight excluding hydrogens is 306 g/mol. The predicted molar refractivity (Wildman–Crippen MR) is 84.0 cm³/mol. The maximum Gasteiger partial charge on any atom is 0.120 e. The Morgan fingerprint density at radius 2 is 2.00 bits per heavy atom. The molecule has 108 valence electrons. The summed E-state index contributed by atoms with van der Waals surface area (Å²) in [6.07, 6.45) is 0.647. The minimum atomic E-state index is -1.12. The fraction of sp³-hybridized carbons (Fsp3) is 0.188. The molecule has 3 nitrogen and oxygen atoms in total. The van der Waals surface area contributed by atoms with Crippen LogP contribution in [0.4, 0.5) is 0 Å². The predicted octanol–water partition coefficient (Wildman–Crippen LogP) is 3.79. The Morgan fingerprint density at radius 1 is 1.19 bits per heavy atom. The highest BCUT2D eigenvalue weighted by Crippen LogP contribution is 2.19. The molecule has 0 aliphatic carbocycles. The Labute approximate surface area is 131 Å². The summed E-state index contributed by atoms with van der Waals surface area (Å²) in [5.74, 6) is 1.14. The van der Waals surface area contributed by atoms with Crippen molar-refractivity contribution in [2.45, 2.75) is 11.3 Å². The third-order valence-corrected chi connectivity index (χ3v) is 4.74. The zero-order chi connectivity index (χ0) is 15.1. The maximum absolute atomic E-state index is 12.1. The largest absolute Gasteiger partial charge is 0.494 e. The van der Waals surface area contributed by atoms with Gasteiger partial charge >= 0.3 is 0 Å². The fourth-order valence-electron chi connectivity index (χ4n) is 1.77. The molecule has 0 N–H and O–H groups in total. The van der Waals surface area contributed by atoms with Gasteiger partial charge in [-0.3, -0.25) is 4.21 Å². The van der Waals surface area contributed by atoms with Crippen molar-refractivity contribution in [3.8, 4) is 11.8 Å². The molecule has 2 aromatic carbocycles. The van der Waals surface area contributed by atoms with Gasteiger partial charge in [0.05, 0.1) is 39.0 Å². The molecule has 0 aromatic heterocycles. The van der Waals surface area contributed by atoms with Crippen molar-refractivity contribution in [1.29, 1.82) is 5.26 Å². The Morgan fingerprint density at radius 3 is 2.76 bits per heavy atom. The van der Waals surface area contributed by atoms with Crippen molar-refractivity contribution in [3.05, 3.63) is 59.1 Å². The lowest BCUT2D eigenvalue weighted by Crippen LogP contribution is -2.05. The average Bonchev–Trinajstić information content (AvgIpc) is 2.52. The highest BCUT2D eigenvalue weighted by Gasteiger charge is 2.07. The van der Waals surface area contributed by atoms with Crippen LogP contribution in [0.25, 0.3) is 0 Å². The van der Waals surface area contributed by atoms with Gasteiger partial charge < -0.3 is 4.74 Å². The molecular formula is C16H14ClNO2S. The summed E-state index contributed by atoms with van der Waals surface area (Å²) in [5, 5.41) is 9.33. The van der Waals surface area contributed by atoms with E-state index in [-0.39, 0.29) is 0 Å². The zero-order valence-corrected chi connectivity index (χ0v) is 12.9. The summed E-state index contributed by atoms with van der Waals surface area (Å²) in [4.78, 5) is 0.658. The molecule has 0 spiro atoms. The van der Waals surface area contributed by atoms with Crippen molar-refractivity contribution in [3.63, 3.8) is 0 Å². The third kappa shape index (κ3) is 4.59. The number of hydrogen-bond acceptors (Lipinski definition) is 3. The number of ether oxygens (including phenoxy) is 1. The van der Waals surface area contributed by atoms with Crippen molar-refractivity contribution < 1.29 is 8.95 Å². The van der Waals surface area contributed by atoms with Crippen LogP contribution in [-0.4, -0.2) is 16.6 Å². The van der Waals surface area contributed by atoms with E-state index < -0.39 is 10.8 Å². The zero-order valence-electron chi connectivity index (χ0n) is 11.3. The van der Waals surface area contributed by atoms with Gasteiger partial charge in [-0.05, 0) is 36.8 Å². The maximum atomic E-state index is 12.1. The Bertz CT molecular complexity index is 682. The lowest BCUT2D eigenvalue weighted by molar-refractivity contribution is 0.318. The first kappa shape index (κ1) is 15.6. The second kappa shape index (κ2) is 7.82. The van der Waals surface area contributed by atoms with Crippen LogP contribution in [0.3, 0.4) is 0 Å². The molecule has 1 atom stereocenters. The van der Waals surface area contributed by atoms with E-state index >= 15 is 0 Å². The molecule has 2 rings (SSSR count). The van der Waals surface area contributed by atoms with Crippen LogP contribution in [0, 0.1) is 11.3 Å². The van der Waals surface area contributed by atoms with Crippen LogP contribution < -0.4 is 4.74 Å². The molecule has 0 bridgehead atoms. The van der Waals surface area contributed by atoms with E-state index in [1.807, 2.05) is 12.1 Å². The van der Waals surface area contributed by atoms with E-state index in [0.29, 0.717) is 40.0 Å². The van der Waals surface area contributed by atoms with E-state index in [9.17, 15) is 4.21 Å². The number of benzene rings is 2. The molecule has 2 aromatic rings. The van der Waals surface area contributed by atoms with Gasteiger partial charge in [-0.2, -0.15) is 5.26 Å². The van der Waals surface area contributed by atoms with Crippen molar-refractivity contribution in [1.82, 2.24) is 0 Å². The highest BCUT2D eigenvalue weighted by molar-refractivity contribution is 7.85. The normalized spacial score (nSPS) is 11.6. The number of halogens is 1. The standard InChI is InChI=1S/C16H14ClNO2S/c17-15-7-1-2-8-16(15)21(19)10-4-9-20-14-6-3-5-13(11-14)12-18/h1-3,5-8,11H,4,9-10H2. The highest BCUT2D eigenvalue weighted by atomic mass is 35.5. The van der Waals surface area contributed by atoms with Crippen molar-refractivity contribution in [2.24, 2.45) is 0 Å². The van der Waals surface area contributed by atoms with Gasteiger partial charge in [0, 0.05) is 5.75 Å². The first-order valence-electron chi connectivity index (χ1n) is 6.46. The van der Waals surface area contributed by atoms with Gasteiger partial charge in [-0.1, -0.05) is 29.8 Å². The summed E-state index contributed by atoms with van der Waals surface area (Å²) in [7, 11) is -1.12. The van der Waals surface area contributed by atoms with E-state index in [4.69, 9.17) is 21.6 Å². The molecule has 0 saturated heterocycles. The second-order valence-electron chi connectivity index (χ2n) is 4.32. The van der Waals surface area contributed by atoms with E-state index in [0.717, 1.165) is 0 Å². The van der Waals surface area contributed by atoms with Crippen LogP contribution >= 0.6 is 11.6 Å². The molecule has 0 saturated carbocycles. The Balaban J connectivity index is 1.81.